The third-order valence-corrected chi connectivity index (χ3v) is 3.16. The maximum Gasteiger partial charge on any atom is 0.253 e. The van der Waals surface area contributed by atoms with E-state index in [1.54, 1.807) is 17.0 Å². The number of nitrogen functional groups attached to an aromatic ring is 1. The highest BCUT2D eigenvalue weighted by molar-refractivity contribution is 7.99. The van der Waals surface area contributed by atoms with Crippen molar-refractivity contribution in [3.05, 3.63) is 40.4 Å². The van der Waals surface area contributed by atoms with Crippen molar-refractivity contribution < 1.29 is 0 Å². The molecule has 0 aliphatic heterocycles. The van der Waals surface area contributed by atoms with Crippen LogP contribution >= 0.6 is 23.4 Å². The molecule has 3 rings (SSSR count). The first-order valence-electron chi connectivity index (χ1n) is 5.55. The summed E-state index contributed by atoms with van der Waals surface area (Å²) < 4.78 is 1.58. The van der Waals surface area contributed by atoms with Gasteiger partial charge in [-0.2, -0.15) is 15.0 Å². The Kier molecular flexibility index (Phi) is 3.54. The second-order valence-electron chi connectivity index (χ2n) is 3.73. The van der Waals surface area contributed by atoms with Crippen LogP contribution in [0.2, 0.25) is 5.28 Å². The van der Waals surface area contributed by atoms with Crippen molar-refractivity contribution >= 4 is 29.2 Å². The fourth-order valence-electron chi connectivity index (χ4n) is 1.45. The van der Waals surface area contributed by atoms with Gasteiger partial charge in [0.25, 0.3) is 5.56 Å². The largest absolute Gasteiger partial charge is 0.383 e. The molecule has 0 spiro atoms. The van der Waals surface area contributed by atoms with E-state index in [-0.39, 0.29) is 27.0 Å². The molecular formula is C10H7ClN8OS. The zero-order chi connectivity index (χ0) is 14.8. The first-order valence-corrected chi connectivity index (χ1v) is 6.74. The quantitative estimate of drug-likeness (QED) is 0.668. The van der Waals surface area contributed by atoms with Gasteiger partial charge in [-0.3, -0.25) is 9.36 Å². The smallest absolute Gasteiger partial charge is 0.253 e. The van der Waals surface area contributed by atoms with Crippen molar-refractivity contribution in [2.75, 3.05) is 5.73 Å². The first-order chi connectivity index (χ1) is 10.1. The lowest BCUT2D eigenvalue weighted by molar-refractivity contribution is 0.818. The van der Waals surface area contributed by atoms with Gasteiger partial charge >= 0.3 is 0 Å². The predicted octanol–water partition coefficient (Wildman–Crippen LogP) is 0.527. The highest BCUT2D eigenvalue weighted by atomic mass is 35.5. The Balaban J connectivity index is 1.97. The zero-order valence-corrected chi connectivity index (χ0v) is 11.8. The molecule has 0 radical (unpaired) electrons. The Bertz CT molecular complexity index is 833. The molecule has 0 aliphatic rings. The molecule has 0 aromatic carbocycles. The highest BCUT2D eigenvalue weighted by Crippen LogP contribution is 2.22. The van der Waals surface area contributed by atoms with Crippen LogP contribution in [0.1, 0.15) is 0 Å². The number of nitrogens with zero attached hydrogens (tertiary/aromatic N) is 6. The number of hydrogen-bond acceptors (Lipinski definition) is 8. The third-order valence-electron chi connectivity index (χ3n) is 2.24. The Morgan fingerprint density at radius 1 is 1.29 bits per heavy atom. The van der Waals surface area contributed by atoms with Crippen molar-refractivity contribution in [3.8, 4) is 5.95 Å². The lowest BCUT2D eigenvalue weighted by Crippen LogP contribution is -2.10. The molecule has 106 valence electrons. The molecule has 0 saturated heterocycles. The van der Waals surface area contributed by atoms with Crippen LogP contribution in [0.3, 0.4) is 0 Å². The number of hydrogen-bond donors (Lipinski definition) is 2. The molecule has 0 bridgehead atoms. The summed E-state index contributed by atoms with van der Waals surface area (Å²) in [5.74, 6) is 0.414. The van der Waals surface area contributed by atoms with E-state index in [0.29, 0.717) is 5.95 Å². The maximum absolute atomic E-state index is 11.3. The number of aromatic nitrogens is 7. The van der Waals surface area contributed by atoms with Crippen LogP contribution in [0.15, 0.2) is 39.9 Å². The standard InChI is InChI=1S/C10H7ClN8OS/c11-7-16-8(19-2-1-13-4-19)18-10(17-7)21-9-14-5(12)3-6(20)15-9/h1-4H,(H3,12,14,15,20). The zero-order valence-electron chi connectivity index (χ0n) is 10.3. The topological polar surface area (TPSA) is 128 Å². The average Bonchev–Trinajstić information content (AvgIpc) is 2.90. The van der Waals surface area contributed by atoms with Crippen LogP contribution in [-0.4, -0.2) is 34.5 Å². The molecule has 0 saturated carbocycles. The Hall–Kier alpha value is -2.46. The Labute approximate surface area is 126 Å². The summed E-state index contributed by atoms with van der Waals surface area (Å²) in [6.45, 7) is 0. The van der Waals surface area contributed by atoms with E-state index in [2.05, 4.69) is 29.9 Å². The molecule has 3 N–H and O–H groups in total. The first kappa shape index (κ1) is 13.5. The number of nitrogens with one attached hydrogen (secondary N) is 1. The maximum atomic E-state index is 11.3. The third kappa shape index (κ3) is 3.17. The van der Waals surface area contributed by atoms with E-state index < -0.39 is 0 Å². The molecule has 0 aliphatic carbocycles. The lowest BCUT2D eigenvalue weighted by Gasteiger charge is -2.04. The number of halogens is 1. The minimum atomic E-state index is -0.361. The number of nitrogens with two attached hydrogens (primary N) is 1. The molecule has 3 aromatic rings. The van der Waals surface area contributed by atoms with Gasteiger partial charge in [0.05, 0.1) is 0 Å². The van der Waals surface area contributed by atoms with Gasteiger partial charge in [-0.05, 0) is 23.4 Å². The summed E-state index contributed by atoms with van der Waals surface area (Å²) >= 11 is 6.88. The number of H-pyrrole nitrogens is 1. The van der Waals surface area contributed by atoms with Crippen LogP contribution < -0.4 is 11.3 Å². The SMILES string of the molecule is Nc1cc(=O)[nH]c(Sc2nc(Cl)nc(-n3ccnc3)n2)n1. The molecule has 21 heavy (non-hydrogen) atoms. The van der Waals surface area contributed by atoms with E-state index in [1.165, 1.54) is 12.4 Å². The van der Waals surface area contributed by atoms with E-state index in [0.717, 1.165) is 11.8 Å². The highest BCUT2D eigenvalue weighted by Gasteiger charge is 2.10. The van der Waals surface area contributed by atoms with Gasteiger partial charge in [0, 0.05) is 18.5 Å². The number of aromatic amines is 1. The monoisotopic (exact) mass is 322 g/mol. The van der Waals surface area contributed by atoms with Gasteiger partial charge in [0.2, 0.25) is 16.4 Å². The molecule has 0 amide bonds. The fraction of sp³-hybridized carbons (Fsp3) is 0. The van der Waals surface area contributed by atoms with Crippen LogP contribution in [-0.2, 0) is 0 Å². The van der Waals surface area contributed by atoms with Crippen LogP contribution in [0.5, 0.6) is 0 Å². The van der Waals surface area contributed by atoms with Gasteiger partial charge in [0.15, 0.2) is 5.16 Å². The second-order valence-corrected chi connectivity index (χ2v) is 5.03. The summed E-state index contributed by atoms with van der Waals surface area (Å²) in [6, 6.07) is 1.18. The van der Waals surface area contributed by atoms with Gasteiger partial charge in [0.1, 0.15) is 12.1 Å². The van der Waals surface area contributed by atoms with Crippen LogP contribution in [0, 0.1) is 0 Å². The molecule has 3 aromatic heterocycles. The van der Waals surface area contributed by atoms with E-state index in [9.17, 15) is 4.79 Å². The van der Waals surface area contributed by atoms with E-state index >= 15 is 0 Å². The fourth-order valence-corrected chi connectivity index (χ4v) is 2.39. The molecule has 11 heteroatoms. The molecule has 9 nitrogen and oxygen atoms in total. The Morgan fingerprint density at radius 3 is 2.86 bits per heavy atom. The number of imidazole rings is 1. The predicted molar refractivity (Wildman–Crippen MR) is 75.4 cm³/mol. The lowest BCUT2D eigenvalue weighted by atomic mass is 10.6. The van der Waals surface area contributed by atoms with Crippen molar-refractivity contribution in [2.45, 2.75) is 10.3 Å². The van der Waals surface area contributed by atoms with Crippen molar-refractivity contribution in [2.24, 2.45) is 0 Å². The molecule has 0 fully saturated rings. The summed E-state index contributed by atoms with van der Waals surface area (Å²) in [5, 5.41) is 0.550. The van der Waals surface area contributed by atoms with Crippen LogP contribution in [0.25, 0.3) is 5.95 Å². The van der Waals surface area contributed by atoms with Gasteiger partial charge in [-0.1, -0.05) is 0 Å². The minimum Gasteiger partial charge on any atom is -0.383 e. The Morgan fingerprint density at radius 2 is 2.14 bits per heavy atom. The molecule has 0 unspecified atom stereocenters. The number of rotatable bonds is 3. The van der Waals surface area contributed by atoms with Gasteiger partial charge in [-0.15, -0.1) is 0 Å². The van der Waals surface area contributed by atoms with Crippen molar-refractivity contribution in [1.29, 1.82) is 0 Å². The van der Waals surface area contributed by atoms with Crippen molar-refractivity contribution in [3.63, 3.8) is 0 Å². The second kappa shape index (κ2) is 5.50. The molecular weight excluding hydrogens is 316 g/mol. The summed E-state index contributed by atoms with van der Waals surface area (Å²) in [5.41, 5.74) is 5.15. The van der Waals surface area contributed by atoms with Crippen LogP contribution in [0.4, 0.5) is 5.82 Å². The summed E-state index contributed by atoms with van der Waals surface area (Å²) in [7, 11) is 0. The minimum absolute atomic E-state index is 0.0162. The normalized spacial score (nSPS) is 10.7. The summed E-state index contributed by atoms with van der Waals surface area (Å²) in [4.78, 5) is 33.9. The molecule has 0 atom stereocenters. The molecule has 3 heterocycles. The van der Waals surface area contributed by atoms with Gasteiger partial charge < -0.3 is 10.7 Å². The number of anilines is 1. The summed E-state index contributed by atoms with van der Waals surface area (Å²) in [6.07, 6.45) is 4.78. The average molecular weight is 323 g/mol. The van der Waals surface area contributed by atoms with E-state index in [4.69, 9.17) is 17.3 Å². The van der Waals surface area contributed by atoms with Crippen molar-refractivity contribution in [1.82, 2.24) is 34.5 Å². The van der Waals surface area contributed by atoms with E-state index in [1.807, 2.05) is 0 Å². The van der Waals surface area contributed by atoms with Gasteiger partial charge in [-0.25, -0.2) is 9.97 Å².